The highest BCUT2D eigenvalue weighted by Gasteiger charge is 2.34. The molecule has 1 aliphatic rings. The van der Waals surface area contributed by atoms with Crippen LogP contribution in [-0.4, -0.2) is 23.6 Å². The minimum Gasteiger partial charge on any atom is -0.383 e. The molecule has 0 saturated carbocycles. The van der Waals surface area contributed by atoms with Gasteiger partial charge in [-0.1, -0.05) is 6.07 Å². The second kappa shape index (κ2) is 6.08. The Kier molecular flexibility index (Phi) is 4.25. The number of aromatic amines is 1. The molecule has 0 spiro atoms. The molecule has 1 aromatic carbocycles. The molecule has 24 heavy (non-hydrogen) atoms. The largest absolute Gasteiger partial charge is 0.416 e. The Labute approximate surface area is 135 Å². The number of likely N-dealkylation sites (tertiary alicyclic amines) is 1. The molecule has 4 nitrogen and oxygen atoms in total. The summed E-state index contributed by atoms with van der Waals surface area (Å²) >= 11 is 0. The highest BCUT2D eigenvalue weighted by atomic mass is 19.4. The fourth-order valence-electron chi connectivity index (χ4n) is 3.18. The molecular formula is C16H16F4N2O2. The van der Waals surface area contributed by atoms with Crippen molar-refractivity contribution in [3.8, 4) is 0 Å². The highest BCUT2D eigenvalue weighted by Crippen LogP contribution is 2.40. The van der Waals surface area contributed by atoms with Gasteiger partial charge < -0.3 is 4.52 Å². The third-order valence-electron chi connectivity index (χ3n) is 4.50. The molecule has 2 aromatic rings. The number of benzene rings is 1. The normalized spacial score (nSPS) is 22.7. The van der Waals surface area contributed by atoms with Gasteiger partial charge in [0.1, 0.15) is 11.6 Å². The molecule has 2 heterocycles. The molecule has 1 saturated heterocycles. The van der Waals surface area contributed by atoms with Crippen LogP contribution in [0.4, 0.5) is 17.6 Å². The first-order chi connectivity index (χ1) is 11.3. The molecule has 0 unspecified atom stereocenters. The molecule has 8 heteroatoms. The fourth-order valence-corrected chi connectivity index (χ4v) is 3.18. The van der Waals surface area contributed by atoms with Crippen LogP contribution in [0.1, 0.15) is 41.7 Å². The first kappa shape index (κ1) is 16.8. The average molecular weight is 344 g/mol. The number of alkyl halides is 3. The van der Waals surface area contributed by atoms with E-state index in [-0.39, 0.29) is 23.1 Å². The zero-order chi connectivity index (χ0) is 17.5. The van der Waals surface area contributed by atoms with E-state index < -0.39 is 17.6 Å². The number of nitrogens with zero attached hydrogens (tertiary/aromatic N) is 1. The van der Waals surface area contributed by atoms with Gasteiger partial charge in [0.05, 0.1) is 5.56 Å². The minimum atomic E-state index is -4.57. The van der Waals surface area contributed by atoms with Gasteiger partial charge in [-0.25, -0.2) is 4.39 Å². The molecule has 2 atom stereocenters. The third kappa shape index (κ3) is 3.24. The van der Waals surface area contributed by atoms with E-state index in [1.165, 1.54) is 12.1 Å². The van der Waals surface area contributed by atoms with Crippen LogP contribution in [0, 0.1) is 5.82 Å². The fraction of sp³-hybridized carbons (Fsp3) is 0.438. The maximum Gasteiger partial charge on any atom is 0.416 e. The summed E-state index contributed by atoms with van der Waals surface area (Å²) in [4.78, 5) is 13.1. The van der Waals surface area contributed by atoms with Crippen molar-refractivity contribution in [2.45, 2.75) is 31.0 Å². The lowest BCUT2D eigenvalue weighted by Crippen LogP contribution is -2.33. The zero-order valence-electron chi connectivity index (χ0n) is 12.9. The number of rotatable bonds is 2. The Bertz CT molecular complexity index is 781. The maximum absolute atomic E-state index is 14.3. The highest BCUT2D eigenvalue weighted by molar-refractivity contribution is 5.29. The van der Waals surface area contributed by atoms with Crippen molar-refractivity contribution < 1.29 is 22.1 Å². The first-order valence-corrected chi connectivity index (χ1v) is 7.51. The lowest BCUT2D eigenvalue weighted by atomic mass is 9.85. The molecule has 0 aliphatic carbocycles. The van der Waals surface area contributed by atoms with E-state index in [1.807, 2.05) is 4.90 Å². The van der Waals surface area contributed by atoms with Crippen molar-refractivity contribution >= 4 is 0 Å². The standard InChI is InChI=1S/C16H16F4N2O2/c1-22-5-4-9(14-8-15(23)21-24-14)6-13(22)11-3-2-10(7-12(11)17)16(18,19)20/h2-3,7-9,13H,4-6H2,1H3,(H,21,23)/t9-,13+/m0/s1. The second-order valence-electron chi connectivity index (χ2n) is 6.07. The van der Waals surface area contributed by atoms with Crippen LogP contribution >= 0.6 is 0 Å². The smallest absolute Gasteiger partial charge is 0.383 e. The van der Waals surface area contributed by atoms with Crippen molar-refractivity contribution in [2.24, 2.45) is 0 Å². The molecule has 0 bridgehead atoms. The number of H-pyrrole nitrogens is 1. The van der Waals surface area contributed by atoms with Gasteiger partial charge in [-0.2, -0.15) is 18.3 Å². The van der Waals surface area contributed by atoms with Crippen LogP contribution < -0.4 is 5.56 Å². The van der Waals surface area contributed by atoms with Crippen molar-refractivity contribution in [3.63, 3.8) is 0 Å². The van der Waals surface area contributed by atoms with Gasteiger partial charge in [0.2, 0.25) is 0 Å². The van der Waals surface area contributed by atoms with E-state index in [4.69, 9.17) is 4.52 Å². The Morgan fingerprint density at radius 3 is 2.62 bits per heavy atom. The van der Waals surface area contributed by atoms with E-state index in [0.29, 0.717) is 24.8 Å². The summed E-state index contributed by atoms with van der Waals surface area (Å²) < 4.78 is 57.4. The van der Waals surface area contributed by atoms with Crippen LogP contribution in [0.2, 0.25) is 0 Å². The number of hydrogen-bond donors (Lipinski definition) is 1. The second-order valence-corrected chi connectivity index (χ2v) is 6.07. The van der Waals surface area contributed by atoms with E-state index >= 15 is 0 Å². The average Bonchev–Trinajstić information content (AvgIpc) is 2.94. The Balaban J connectivity index is 1.88. The molecule has 1 fully saturated rings. The summed E-state index contributed by atoms with van der Waals surface area (Å²) in [6.07, 6.45) is -3.40. The van der Waals surface area contributed by atoms with Crippen LogP contribution in [0.15, 0.2) is 33.6 Å². The van der Waals surface area contributed by atoms with Gasteiger partial charge >= 0.3 is 6.18 Å². The summed E-state index contributed by atoms with van der Waals surface area (Å²) in [6, 6.07) is 3.59. The molecule has 1 N–H and O–H groups in total. The summed E-state index contributed by atoms with van der Waals surface area (Å²) in [6.45, 7) is 0.616. The van der Waals surface area contributed by atoms with Crippen molar-refractivity contribution in [2.75, 3.05) is 13.6 Å². The predicted molar refractivity (Wildman–Crippen MR) is 78.1 cm³/mol. The van der Waals surface area contributed by atoms with Crippen LogP contribution in [0.25, 0.3) is 0 Å². The molecule has 3 rings (SSSR count). The molecule has 0 amide bonds. The molecular weight excluding hydrogens is 328 g/mol. The van der Waals surface area contributed by atoms with Crippen LogP contribution in [0.5, 0.6) is 0 Å². The van der Waals surface area contributed by atoms with Crippen molar-refractivity contribution in [1.29, 1.82) is 0 Å². The van der Waals surface area contributed by atoms with E-state index in [0.717, 1.165) is 12.5 Å². The maximum atomic E-state index is 14.3. The quantitative estimate of drug-likeness (QED) is 0.846. The first-order valence-electron chi connectivity index (χ1n) is 7.51. The van der Waals surface area contributed by atoms with Gasteiger partial charge in [0.15, 0.2) is 0 Å². The molecule has 0 radical (unpaired) electrons. The molecule has 1 aliphatic heterocycles. The lowest BCUT2D eigenvalue weighted by Gasteiger charge is -2.36. The molecule has 130 valence electrons. The van der Waals surface area contributed by atoms with Gasteiger partial charge in [0.25, 0.3) is 5.56 Å². The lowest BCUT2D eigenvalue weighted by molar-refractivity contribution is -0.137. The predicted octanol–water partition coefficient (Wildman–Crippen LogP) is 3.68. The summed E-state index contributed by atoms with van der Waals surface area (Å²) in [7, 11) is 1.80. The SMILES string of the molecule is CN1CC[C@H](c2cc(=O)[nH]o2)C[C@@H]1c1ccc(C(F)(F)F)cc1F. The Morgan fingerprint density at radius 1 is 1.29 bits per heavy atom. The number of aromatic nitrogens is 1. The summed E-state index contributed by atoms with van der Waals surface area (Å²) in [5, 5.41) is 2.22. The number of piperidine rings is 1. The summed E-state index contributed by atoms with van der Waals surface area (Å²) in [5.41, 5.74) is -1.13. The molecule has 1 aromatic heterocycles. The van der Waals surface area contributed by atoms with Crippen molar-refractivity contribution in [1.82, 2.24) is 10.1 Å². The van der Waals surface area contributed by atoms with E-state index in [9.17, 15) is 22.4 Å². The van der Waals surface area contributed by atoms with E-state index in [2.05, 4.69) is 5.16 Å². The van der Waals surface area contributed by atoms with Crippen molar-refractivity contribution in [3.05, 3.63) is 57.3 Å². The van der Waals surface area contributed by atoms with Gasteiger partial charge in [-0.15, -0.1) is 0 Å². The van der Waals surface area contributed by atoms with Crippen LogP contribution in [0.3, 0.4) is 0 Å². The van der Waals surface area contributed by atoms with Gasteiger partial charge in [-0.3, -0.25) is 9.69 Å². The zero-order valence-corrected chi connectivity index (χ0v) is 12.9. The number of hydrogen-bond acceptors (Lipinski definition) is 3. The third-order valence-corrected chi connectivity index (χ3v) is 4.50. The van der Waals surface area contributed by atoms with Crippen LogP contribution in [-0.2, 0) is 6.18 Å². The van der Waals surface area contributed by atoms with Gasteiger partial charge in [0, 0.05) is 23.6 Å². The number of nitrogens with one attached hydrogen (secondary N) is 1. The minimum absolute atomic E-state index is 0.0909. The summed E-state index contributed by atoms with van der Waals surface area (Å²) in [5.74, 6) is -0.477. The number of halogens is 4. The van der Waals surface area contributed by atoms with Gasteiger partial charge in [-0.05, 0) is 38.6 Å². The Morgan fingerprint density at radius 2 is 2.04 bits per heavy atom. The topological polar surface area (TPSA) is 49.2 Å². The Hall–Kier alpha value is -2.09. The monoisotopic (exact) mass is 344 g/mol. The van der Waals surface area contributed by atoms with E-state index in [1.54, 1.807) is 7.05 Å².